The van der Waals surface area contributed by atoms with Crippen LogP contribution in [0.4, 0.5) is 15.9 Å². The normalized spacial score (nSPS) is 19.5. The molecule has 1 unspecified atom stereocenters. The standard InChI is InChI=1S/C20H20ClFN6O/c21-15-4-3-13(22)8-14(15)17-2-1-6-27(17)18-5-7-28-19(26-18)16(11-24-28)25-20(29)12-9-23-10-12/h3-5,7-8,11-12,17,23H,1-2,6,9-10H2,(H,25,29). The molecular formula is C20H20ClFN6O. The molecular weight excluding hydrogens is 395 g/mol. The van der Waals surface area contributed by atoms with E-state index in [9.17, 15) is 9.18 Å². The molecule has 3 aromatic rings. The number of anilines is 2. The van der Waals surface area contributed by atoms with Crippen molar-refractivity contribution >= 4 is 34.7 Å². The van der Waals surface area contributed by atoms with E-state index in [4.69, 9.17) is 16.6 Å². The van der Waals surface area contributed by atoms with E-state index in [1.165, 1.54) is 12.1 Å². The maximum Gasteiger partial charge on any atom is 0.230 e. The first kappa shape index (κ1) is 18.3. The molecule has 29 heavy (non-hydrogen) atoms. The molecule has 0 saturated carbocycles. The van der Waals surface area contributed by atoms with Crippen molar-refractivity contribution in [1.82, 2.24) is 19.9 Å². The van der Waals surface area contributed by atoms with Crippen molar-refractivity contribution in [3.05, 3.63) is 53.1 Å². The maximum atomic E-state index is 13.8. The third-order valence-electron chi connectivity index (χ3n) is 5.63. The SMILES string of the molecule is O=C(Nc1cnn2ccc(N3CCCC3c3cc(F)ccc3Cl)nc12)C1CNC1. The lowest BCUT2D eigenvalue weighted by molar-refractivity contribution is -0.121. The van der Waals surface area contributed by atoms with Crippen molar-refractivity contribution in [3.63, 3.8) is 0 Å². The van der Waals surface area contributed by atoms with Crippen LogP contribution in [0.15, 0.2) is 36.7 Å². The fourth-order valence-electron chi connectivity index (χ4n) is 3.95. The summed E-state index contributed by atoms with van der Waals surface area (Å²) < 4.78 is 15.5. The molecule has 9 heteroatoms. The van der Waals surface area contributed by atoms with E-state index in [1.807, 2.05) is 12.3 Å². The summed E-state index contributed by atoms with van der Waals surface area (Å²) in [4.78, 5) is 19.2. The molecule has 1 atom stereocenters. The fourth-order valence-corrected chi connectivity index (χ4v) is 4.19. The van der Waals surface area contributed by atoms with E-state index in [1.54, 1.807) is 16.8 Å². The summed E-state index contributed by atoms with van der Waals surface area (Å²) in [6.45, 7) is 2.17. The average Bonchev–Trinajstić information content (AvgIpc) is 3.29. The predicted molar refractivity (Wildman–Crippen MR) is 109 cm³/mol. The van der Waals surface area contributed by atoms with Gasteiger partial charge in [-0.3, -0.25) is 4.79 Å². The molecule has 5 rings (SSSR count). The van der Waals surface area contributed by atoms with Crippen molar-refractivity contribution in [2.75, 3.05) is 29.9 Å². The van der Waals surface area contributed by atoms with Gasteiger partial charge in [0.15, 0.2) is 5.65 Å². The zero-order valence-corrected chi connectivity index (χ0v) is 16.4. The number of nitrogens with one attached hydrogen (secondary N) is 2. The van der Waals surface area contributed by atoms with Gasteiger partial charge in [-0.2, -0.15) is 5.10 Å². The number of carbonyl (C=O) groups excluding carboxylic acids is 1. The number of halogens is 2. The summed E-state index contributed by atoms with van der Waals surface area (Å²) in [5.41, 5.74) is 1.94. The number of benzene rings is 1. The molecule has 2 saturated heterocycles. The Kier molecular flexibility index (Phi) is 4.60. The van der Waals surface area contributed by atoms with E-state index < -0.39 is 0 Å². The number of carbonyl (C=O) groups is 1. The minimum Gasteiger partial charge on any atom is -0.349 e. The molecule has 0 bridgehead atoms. The minimum absolute atomic E-state index is 0.0220. The van der Waals surface area contributed by atoms with Gasteiger partial charge >= 0.3 is 0 Å². The molecule has 1 aromatic carbocycles. The number of fused-ring (bicyclic) bond motifs is 1. The highest BCUT2D eigenvalue weighted by atomic mass is 35.5. The van der Waals surface area contributed by atoms with Gasteiger partial charge in [0.2, 0.25) is 5.91 Å². The van der Waals surface area contributed by atoms with Crippen molar-refractivity contribution in [3.8, 4) is 0 Å². The average molecular weight is 415 g/mol. The van der Waals surface area contributed by atoms with E-state index in [0.29, 0.717) is 29.4 Å². The van der Waals surface area contributed by atoms with Gasteiger partial charge in [-0.05, 0) is 42.7 Å². The Bertz CT molecular complexity index is 1080. The zero-order chi connectivity index (χ0) is 20.0. The van der Waals surface area contributed by atoms with Crippen LogP contribution in [0.2, 0.25) is 5.02 Å². The molecule has 4 heterocycles. The molecule has 2 aliphatic heterocycles. The molecule has 7 nitrogen and oxygen atoms in total. The lowest BCUT2D eigenvalue weighted by atomic mass is 10.0. The predicted octanol–water partition coefficient (Wildman–Crippen LogP) is 3.02. The van der Waals surface area contributed by atoms with Gasteiger partial charge in [0.1, 0.15) is 17.3 Å². The van der Waals surface area contributed by atoms with Gasteiger partial charge in [0.05, 0.1) is 18.2 Å². The molecule has 2 N–H and O–H groups in total. The highest BCUT2D eigenvalue weighted by Gasteiger charge is 2.30. The second kappa shape index (κ2) is 7.27. The number of hydrogen-bond donors (Lipinski definition) is 2. The Morgan fingerprint density at radius 3 is 2.97 bits per heavy atom. The summed E-state index contributed by atoms with van der Waals surface area (Å²) in [6.07, 6.45) is 5.26. The quantitative estimate of drug-likeness (QED) is 0.686. The van der Waals surface area contributed by atoms with Gasteiger partial charge in [-0.25, -0.2) is 13.9 Å². The van der Waals surface area contributed by atoms with E-state index in [-0.39, 0.29) is 23.7 Å². The fraction of sp³-hybridized carbons (Fsp3) is 0.350. The van der Waals surface area contributed by atoms with Crippen LogP contribution in [0.5, 0.6) is 0 Å². The molecule has 0 spiro atoms. The minimum atomic E-state index is -0.300. The van der Waals surface area contributed by atoms with Crippen LogP contribution in [0.3, 0.4) is 0 Å². The van der Waals surface area contributed by atoms with Crippen LogP contribution in [-0.2, 0) is 4.79 Å². The van der Waals surface area contributed by atoms with Gasteiger partial charge in [-0.1, -0.05) is 11.6 Å². The van der Waals surface area contributed by atoms with Crippen molar-refractivity contribution in [2.24, 2.45) is 5.92 Å². The first-order valence-corrected chi connectivity index (χ1v) is 10.1. The molecule has 0 aliphatic carbocycles. The highest BCUT2D eigenvalue weighted by Crippen LogP contribution is 2.38. The maximum absolute atomic E-state index is 13.8. The third-order valence-corrected chi connectivity index (χ3v) is 5.97. The Morgan fingerprint density at radius 1 is 1.31 bits per heavy atom. The number of aromatic nitrogens is 3. The Labute approximate surface area is 171 Å². The Hall–Kier alpha value is -2.71. The molecule has 0 radical (unpaired) electrons. The number of rotatable bonds is 4. The van der Waals surface area contributed by atoms with Crippen LogP contribution in [-0.4, -0.2) is 40.1 Å². The van der Waals surface area contributed by atoms with Crippen molar-refractivity contribution in [2.45, 2.75) is 18.9 Å². The van der Waals surface area contributed by atoms with Crippen LogP contribution in [0.25, 0.3) is 5.65 Å². The summed E-state index contributed by atoms with van der Waals surface area (Å²) in [6, 6.07) is 6.30. The zero-order valence-electron chi connectivity index (χ0n) is 15.6. The van der Waals surface area contributed by atoms with Crippen LogP contribution >= 0.6 is 11.6 Å². The molecule has 1 amide bonds. The van der Waals surface area contributed by atoms with E-state index >= 15 is 0 Å². The summed E-state index contributed by atoms with van der Waals surface area (Å²) in [7, 11) is 0. The monoisotopic (exact) mass is 414 g/mol. The summed E-state index contributed by atoms with van der Waals surface area (Å²) >= 11 is 6.36. The molecule has 2 aromatic heterocycles. The van der Waals surface area contributed by atoms with Gasteiger partial charge in [0, 0.05) is 30.9 Å². The molecule has 2 aliphatic rings. The van der Waals surface area contributed by atoms with Crippen LogP contribution < -0.4 is 15.5 Å². The first-order valence-electron chi connectivity index (χ1n) is 9.68. The van der Waals surface area contributed by atoms with Gasteiger partial charge < -0.3 is 15.5 Å². The lowest BCUT2D eigenvalue weighted by Crippen LogP contribution is -2.48. The van der Waals surface area contributed by atoms with Crippen molar-refractivity contribution in [1.29, 1.82) is 0 Å². The summed E-state index contributed by atoms with van der Waals surface area (Å²) in [5.74, 6) is 0.398. The smallest absolute Gasteiger partial charge is 0.230 e. The van der Waals surface area contributed by atoms with E-state index in [0.717, 1.165) is 30.8 Å². The molecule has 150 valence electrons. The highest BCUT2D eigenvalue weighted by molar-refractivity contribution is 6.31. The Balaban J connectivity index is 1.47. The molecule has 2 fully saturated rings. The van der Waals surface area contributed by atoms with Crippen LogP contribution in [0, 0.1) is 11.7 Å². The number of amides is 1. The van der Waals surface area contributed by atoms with Crippen molar-refractivity contribution < 1.29 is 9.18 Å². The second-order valence-corrected chi connectivity index (χ2v) is 7.88. The topological polar surface area (TPSA) is 74.6 Å². The first-order chi connectivity index (χ1) is 14.1. The summed E-state index contributed by atoms with van der Waals surface area (Å²) in [5, 5.41) is 10.9. The second-order valence-electron chi connectivity index (χ2n) is 7.47. The number of hydrogen-bond acceptors (Lipinski definition) is 5. The Morgan fingerprint density at radius 2 is 2.17 bits per heavy atom. The lowest BCUT2D eigenvalue weighted by Gasteiger charge is -2.27. The van der Waals surface area contributed by atoms with Gasteiger partial charge in [0.25, 0.3) is 0 Å². The number of nitrogens with zero attached hydrogens (tertiary/aromatic N) is 4. The third kappa shape index (κ3) is 3.32. The van der Waals surface area contributed by atoms with Gasteiger partial charge in [-0.15, -0.1) is 0 Å². The largest absolute Gasteiger partial charge is 0.349 e. The van der Waals surface area contributed by atoms with Crippen LogP contribution in [0.1, 0.15) is 24.4 Å². The van der Waals surface area contributed by atoms with E-state index in [2.05, 4.69) is 20.6 Å².